The molecule has 3 aromatic carbocycles. The number of nitrogens with zero attached hydrogens (tertiary/aromatic N) is 3. The lowest BCUT2D eigenvalue weighted by atomic mass is 9.81. The second-order valence-corrected chi connectivity index (χ2v) is 9.69. The van der Waals surface area contributed by atoms with Crippen LogP contribution in [0.15, 0.2) is 79.0 Å². The quantitative estimate of drug-likeness (QED) is 0.344. The van der Waals surface area contributed by atoms with Crippen molar-refractivity contribution in [3.05, 3.63) is 90.4 Å². The first kappa shape index (κ1) is 25.5. The molecular formula is C29H27F3N4O2. The van der Waals surface area contributed by atoms with Crippen LogP contribution in [0, 0.1) is 17.7 Å². The van der Waals surface area contributed by atoms with Gasteiger partial charge in [-0.3, -0.25) is 9.59 Å². The van der Waals surface area contributed by atoms with Crippen LogP contribution < -0.4 is 10.6 Å². The summed E-state index contributed by atoms with van der Waals surface area (Å²) in [5.74, 6) is -7.57. The number of nitrogens with two attached hydrogens (primary N) is 1. The molecule has 0 saturated carbocycles. The van der Waals surface area contributed by atoms with Crippen molar-refractivity contribution in [3.63, 3.8) is 0 Å². The summed E-state index contributed by atoms with van der Waals surface area (Å²) in [5.41, 5.74) is 7.86. The van der Waals surface area contributed by atoms with Gasteiger partial charge < -0.3 is 10.6 Å². The maximum Gasteiger partial charge on any atom is 0.324 e. The van der Waals surface area contributed by atoms with E-state index in [2.05, 4.69) is 5.10 Å². The summed E-state index contributed by atoms with van der Waals surface area (Å²) in [6.45, 7) is 1.84. The average molecular weight is 521 g/mol. The predicted molar refractivity (Wildman–Crippen MR) is 138 cm³/mol. The predicted octanol–water partition coefficient (Wildman–Crippen LogP) is 5.28. The molecule has 4 aromatic rings. The molecule has 1 aliphatic heterocycles. The molecule has 3 atom stereocenters. The van der Waals surface area contributed by atoms with Gasteiger partial charge in [0.05, 0.1) is 17.4 Å². The van der Waals surface area contributed by atoms with E-state index in [0.29, 0.717) is 17.8 Å². The van der Waals surface area contributed by atoms with Crippen LogP contribution in [-0.2, 0) is 16.0 Å². The number of rotatable bonds is 8. The highest BCUT2D eigenvalue weighted by Crippen LogP contribution is 2.44. The molecule has 9 heteroatoms. The van der Waals surface area contributed by atoms with E-state index in [1.165, 1.54) is 12.1 Å². The molecule has 2 amide bonds. The Labute approximate surface area is 217 Å². The number of halogens is 3. The van der Waals surface area contributed by atoms with Gasteiger partial charge in [0.1, 0.15) is 5.82 Å². The number of aromatic nitrogens is 2. The summed E-state index contributed by atoms with van der Waals surface area (Å²) in [5, 5.41) is 5.15. The molecule has 5 rings (SSSR count). The molecule has 0 bridgehead atoms. The molecule has 2 N–H and O–H groups in total. The second kappa shape index (κ2) is 9.96. The highest BCUT2D eigenvalue weighted by atomic mass is 19.3. The lowest BCUT2D eigenvalue weighted by Crippen LogP contribution is -2.41. The number of carbonyl (C=O) groups is 2. The zero-order chi connectivity index (χ0) is 27.0. The number of hydrogen-bond acceptors (Lipinski definition) is 3. The number of fused-ring (bicyclic) bond motifs is 1. The number of alkyl halides is 2. The third-order valence-electron chi connectivity index (χ3n) is 7.37. The monoisotopic (exact) mass is 520 g/mol. The maximum atomic E-state index is 14.6. The van der Waals surface area contributed by atoms with E-state index in [1.807, 2.05) is 37.3 Å². The minimum Gasteiger partial charge on any atom is -0.364 e. The molecule has 0 unspecified atom stereocenters. The van der Waals surface area contributed by atoms with Crippen molar-refractivity contribution in [1.82, 2.24) is 9.78 Å². The Bertz CT molecular complexity index is 1470. The Morgan fingerprint density at radius 1 is 1.03 bits per heavy atom. The summed E-state index contributed by atoms with van der Waals surface area (Å²) >= 11 is 0. The van der Waals surface area contributed by atoms with Gasteiger partial charge in [0.2, 0.25) is 5.91 Å². The minimum absolute atomic E-state index is 0.267. The lowest BCUT2D eigenvalue weighted by molar-refractivity contribution is -0.145. The first-order valence-electron chi connectivity index (χ1n) is 12.5. The summed E-state index contributed by atoms with van der Waals surface area (Å²) in [6, 6.07) is 20.0. The number of benzene rings is 3. The maximum absolute atomic E-state index is 14.6. The van der Waals surface area contributed by atoms with Gasteiger partial charge in [-0.25, -0.2) is 9.07 Å². The van der Waals surface area contributed by atoms with Crippen molar-refractivity contribution < 1.29 is 22.8 Å². The summed E-state index contributed by atoms with van der Waals surface area (Å²) in [7, 11) is 0. The Morgan fingerprint density at radius 3 is 2.37 bits per heavy atom. The highest BCUT2D eigenvalue weighted by molar-refractivity contribution is 6.00. The molecule has 38 heavy (non-hydrogen) atoms. The van der Waals surface area contributed by atoms with Crippen molar-refractivity contribution in [1.29, 1.82) is 0 Å². The summed E-state index contributed by atoms with van der Waals surface area (Å²) in [4.78, 5) is 27.0. The molecule has 1 fully saturated rings. The summed E-state index contributed by atoms with van der Waals surface area (Å²) < 4.78 is 44.3. The van der Waals surface area contributed by atoms with E-state index in [-0.39, 0.29) is 18.1 Å². The number of amides is 2. The number of anilines is 1. The van der Waals surface area contributed by atoms with Gasteiger partial charge in [-0.2, -0.15) is 13.9 Å². The van der Waals surface area contributed by atoms with E-state index in [0.717, 1.165) is 16.5 Å². The van der Waals surface area contributed by atoms with Crippen molar-refractivity contribution in [2.75, 3.05) is 4.90 Å². The van der Waals surface area contributed by atoms with E-state index in [9.17, 15) is 22.8 Å². The third kappa shape index (κ3) is 4.64. The topological polar surface area (TPSA) is 81.2 Å². The fraction of sp³-hybridized carbons (Fsp3) is 0.276. The van der Waals surface area contributed by atoms with Crippen LogP contribution >= 0.6 is 0 Å². The highest BCUT2D eigenvalue weighted by Gasteiger charge is 2.52. The molecule has 0 spiro atoms. The average Bonchev–Trinajstić information content (AvgIpc) is 3.43. The number of primary amides is 1. The molecule has 196 valence electrons. The fourth-order valence-corrected chi connectivity index (χ4v) is 5.53. The summed E-state index contributed by atoms with van der Waals surface area (Å²) in [6.07, 6.45) is 1.54. The Hall–Kier alpha value is -4.14. The zero-order valence-corrected chi connectivity index (χ0v) is 20.7. The first-order chi connectivity index (χ1) is 18.2. The molecule has 1 aromatic heterocycles. The Kier molecular flexibility index (Phi) is 6.69. The SMILES string of the molecule is CC[C@@H]1[C@@H](CC(F)(F)C(N)=O)[C@H](Cc2ccccc2)C(=O)N1c1ccc2c(cnn2-c2ccc(F)cc2)c1. The van der Waals surface area contributed by atoms with Gasteiger partial charge in [-0.05, 0) is 66.8 Å². The molecule has 1 aliphatic rings. The van der Waals surface area contributed by atoms with Crippen LogP contribution in [-0.4, -0.2) is 33.6 Å². The number of carbonyl (C=O) groups excluding carboxylic acids is 2. The van der Waals surface area contributed by atoms with Gasteiger partial charge in [0.15, 0.2) is 0 Å². The molecule has 1 saturated heterocycles. The van der Waals surface area contributed by atoms with Gasteiger partial charge >= 0.3 is 5.92 Å². The Morgan fingerprint density at radius 2 is 1.71 bits per heavy atom. The van der Waals surface area contributed by atoms with Crippen LogP contribution in [0.25, 0.3) is 16.6 Å². The van der Waals surface area contributed by atoms with Crippen molar-refractivity contribution in [2.24, 2.45) is 17.6 Å². The standard InChI is InChI=1S/C29H27F3N4O2/c1-2-25-24(16-29(31,32)28(33)38)23(14-18-6-4-3-5-7-18)27(37)35(25)22-12-13-26-19(15-22)17-34-36(26)21-10-8-20(30)9-11-21/h3-13,15,17,23-25H,2,14,16H2,1H3,(H2,33,38)/t23-,24-,25+/m0/s1. The van der Waals surface area contributed by atoms with Crippen LogP contribution in [0.2, 0.25) is 0 Å². The van der Waals surface area contributed by atoms with Gasteiger partial charge in [0, 0.05) is 29.5 Å². The van der Waals surface area contributed by atoms with Crippen LogP contribution in [0.4, 0.5) is 18.9 Å². The fourth-order valence-electron chi connectivity index (χ4n) is 5.53. The van der Waals surface area contributed by atoms with E-state index in [4.69, 9.17) is 5.73 Å². The zero-order valence-electron chi connectivity index (χ0n) is 20.7. The Balaban J connectivity index is 1.53. The smallest absolute Gasteiger partial charge is 0.324 e. The van der Waals surface area contributed by atoms with E-state index < -0.39 is 36.1 Å². The molecule has 2 heterocycles. The lowest BCUT2D eigenvalue weighted by Gasteiger charge is -2.29. The van der Waals surface area contributed by atoms with Gasteiger partial charge in [-0.15, -0.1) is 0 Å². The largest absolute Gasteiger partial charge is 0.364 e. The second-order valence-electron chi connectivity index (χ2n) is 9.69. The van der Waals surface area contributed by atoms with Gasteiger partial charge in [-0.1, -0.05) is 37.3 Å². The van der Waals surface area contributed by atoms with Crippen LogP contribution in [0.5, 0.6) is 0 Å². The van der Waals surface area contributed by atoms with Crippen LogP contribution in [0.3, 0.4) is 0 Å². The normalized spacial score (nSPS) is 19.8. The van der Waals surface area contributed by atoms with E-state index in [1.54, 1.807) is 46.1 Å². The molecule has 0 aliphatic carbocycles. The molecule has 6 nitrogen and oxygen atoms in total. The van der Waals surface area contributed by atoms with Crippen LogP contribution in [0.1, 0.15) is 25.3 Å². The van der Waals surface area contributed by atoms with Crippen molar-refractivity contribution >= 4 is 28.4 Å². The molecule has 0 radical (unpaired) electrons. The van der Waals surface area contributed by atoms with E-state index >= 15 is 0 Å². The first-order valence-corrected chi connectivity index (χ1v) is 12.5. The van der Waals surface area contributed by atoms with Gasteiger partial charge in [0.25, 0.3) is 5.91 Å². The third-order valence-corrected chi connectivity index (χ3v) is 7.37. The molecular weight excluding hydrogens is 493 g/mol. The number of hydrogen-bond donors (Lipinski definition) is 1. The van der Waals surface area contributed by atoms with Crippen molar-refractivity contribution in [2.45, 2.75) is 38.2 Å². The minimum atomic E-state index is -3.73. The van der Waals surface area contributed by atoms with Crippen molar-refractivity contribution in [3.8, 4) is 5.69 Å².